The Labute approximate surface area is 130 Å². The van der Waals surface area contributed by atoms with Gasteiger partial charge < -0.3 is 19.7 Å². The largest absolute Gasteiger partial charge is 0.493 e. The molecule has 0 aromatic heterocycles. The summed E-state index contributed by atoms with van der Waals surface area (Å²) in [5, 5.41) is 3.44. The third-order valence-corrected chi connectivity index (χ3v) is 3.71. The number of ether oxygens (including phenoxy) is 2. The summed E-state index contributed by atoms with van der Waals surface area (Å²) in [6.07, 6.45) is 0. The molecule has 20 heavy (non-hydrogen) atoms. The third kappa shape index (κ3) is 5.31. The van der Waals surface area contributed by atoms with Crippen molar-refractivity contribution in [2.75, 3.05) is 40.4 Å². The van der Waals surface area contributed by atoms with Crippen molar-refractivity contribution in [3.63, 3.8) is 0 Å². The van der Waals surface area contributed by atoms with E-state index in [4.69, 9.17) is 9.47 Å². The minimum absolute atomic E-state index is 0.621. The van der Waals surface area contributed by atoms with Crippen LogP contribution in [0.1, 0.15) is 19.4 Å². The van der Waals surface area contributed by atoms with Crippen LogP contribution in [-0.4, -0.2) is 45.3 Å². The fraction of sp³-hybridized carbons (Fsp3) is 0.600. The van der Waals surface area contributed by atoms with Crippen molar-refractivity contribution in [1.82, 2.24) is 10.2 Å². The Morgan fingerprint density at radius 3 is 2.65 bits per heavy atom. The summed E-state index contributed by atoms with van der Waals surface area (Å²) in [5.41, 5.74) is 1.18. The summed E-state index contributed by atoms with van der Waals surface area (Å²) in [4.78, 5) is 2.28. The van der Waals surface area contributed by atoms with Gasteiger partial charge in [-0.05, 0) is 54.1 Å². The molecule has 4 nitrogen and oxygen atoms in total. The lowest BCUT2D eigenvalue weighted by Crippen LogP contribution is -2.28. The van der Waals surface area contributed by atoms with Crippen LogP contribution in [-0.2, 0) is 6.54 Å². The van der Waals surface area contributed by atoms with Crippen LogP contribution in [0.5, 0.6) is 11.5 Å². The Morgan fingerprint density at radius 1 is 1.30 bits per heavy atom. The average molecular weight is 345 g/mol. The molecule has 0 fully saturated rings. The molecule has 0 radical (unpaired) electrons. The Balaban J connectivity index is 2.60. The zero-order valence-electron chi connectivity index (χ0n) is 12.8. The van der Waals surface area contributed by atoms with Gasteiger partial charge in [-0.1, -0.05) is 6.92 Å². The molecule has 0 heterocycles. The molecular weight excluding hydrogens is 320 g/mol. The Hall–Kier alpha value is -0.780. The van der Waals surface area contributed by atoms with Crippen molar-refractivity contribution in [3.05, 3.63) is 22.2 Å². The van der Waals surface area contributed by atoms with Gasteiger partial charge >= 0.3 is 0 Å². The van der Waals surface area contributed by atoms with Crippen LogP contribution in [0.15, 0.2) is 16.6 Å². The highest BCUT2D eigenvalue weighted by atomic mass is 79.9. The van der Waals surface area contributed by atoms with Gasteiger partial charge in [-0.2, -0.15) is 0 Å². The summed E-state index contributed by atoms with van der Waals surface area (Å²) in [6, 6.07) is 4.09. The van der Waals surface area contributed by atoms with Crippen LogP contribution >= 0.6 is 15.9 Å². The first-order chi connectivity index (χ1) is 9.62. The molecule has 0 atom stereocenters. The second kappa shape index (κ2) is 9.21. The molecular formula is C15H25BrN2O2. The van der Waals surface area contributed by atoms with E-state index in [1.165, 1.54) is 5.56 Å². The molecule has 0 aliphatic carbocycles. The lowest BCUT2D eigenvalue weighted by atomic mass is 10.2. The first-order valence-electron chi connectivity index (χ1n) is 7.00. The van der Waals surface area contributed by atoms with Gasteiger partial charge in [-0.15, -0.1) is 0 Å². The molecule has 0 bridgehead atoms. The predicted molar refractivity (Wildman–Crippen MR) is 86.7 cm³/mol. The van der Waals surface area contributed by atoms with Gasteiger partial charge in [-0.25, -0.2) is 0 Å². The smallest absolute Gasteiger partial charge is 0.175 e. The van der Waals surface area contributed by atoms with Gasteiger partial charge in [-0.3, -0.25) is 0 Å². The number of halogens is 1. The maximum Gasteiger partial charge on any atom is 0.175 e. The van der Waals surface area contributed by atoms with Gasteiger partial charge in [0, 0.05) is 19.6 Å². The zero-order chi connectivity index (χ0) is 15.0. The molecule has 0 aliphatic rings. The van der Waals surface area contributed by atoms with E-state index in [-0.39, 0.29) is 0 Å². The van der Waals surface area contributed by atoms with E-state index in [9.17, 15) is 0 Å². The predicted octanol–water partition coefficient (Wildman–Crippen LogP) is 2.90. The van der Waals surface area contributed by atoms with E-state index in [0.717, 1.165) is 42.2 Å². The van der Waals surface area contributed by atoms with Crippen LogP contribution in [0.25, 0.3) is 0 Å². The van der Waals surface area contributed by atoms with E-state index in [1.807, 2.05) is 13.0 Å². The monoisotopic (exact) mass is 344 g/mol. The number of methoxy groups -OCH3 is 1. The molecule has 0 saturated heterocycles. The number of likely N-dealkylation sites (N-methyl/N-ethyl adjacent to an activating group) is 1. The molecule has 1 rings (SSSR count). The molecule has 0 unspecified atom stereocenters. The van der Waals surface area contributed by atoms with Crippen molar-refractivity contribution >= 4 is 15.9 Å². The average Bonchev–Trinajstić information content (AvgIpc) is 2.45. The highest BCUT2D eigenvalue weighted by molar-refractivity contribution is 9.10. The van der Waals surface area contributed by atoms with Crippen molar-refractivity contribution in [3.8, 4) is 11.5 Å². The lowest BCUT2D eigenvalue weighted by molar-refractivity contribution is 0.308. The topological polar surface area (TPSA) is 33.7 Å². The highest BCUT2D eigenvalue weighted by Gasteiger charge is 2.11. The Kier molecular flexibility index (Phi) is 7.95. The first kappa shape index (κ1) is 17.3. The SMILES string of the molecule is CCOc1c(Br)cc(CNCCN(C)CC)cc1OC. The van der Waals surface area contributed by atoms with Crippen LogP contribution in [0.2, 0.25) is 0 Å². The number of hydrogen-bond acceptors (Lipinski definition) is 4. The lowest BCUT2D eigenvalue weighted by Gasteiger charge is -2.15. The molecule has 114 valence electrons. The normalized spacial score (nSPS) is 10.9. The Morgan fingerprint density at radius 2 is 2.05 bits per heavy atom. The second-order valence-corrected chi connectivity index (χ2v) is 5.47. The minimum atomic E-state index is 0.621. The summed E-state index contributed by atoms with van der Waals surface area (Å²) >= 11 is 3.54. The van der Waals surface area contributed by atoms with Gasteiger partial charge in [0.2, 0.25) is 0 Å². The molecule has 0 aliphatic heterocycles. The highest BCUT2D eigenvalue weighted by Crippen LogP contribution is 2.36. The van der Waals surface area contributed by atoms with Crippen molar-refractivity contribution in [1.29, 1.82) is 0 Å². The van der Waals surface area contributed by atoms with Crippen LogP contribution in [0.4, 0.5) is 0 Å². The molecule has 5 heteroatoms. The minimum Gasteiger partial charge on any atom is -0.493 e. The summed E-state index contributed by atoms with van der Waals surface area (Å²) < 4.78 is 11.9. The fourth-order valence-corrected chi connectivity index (χ4v) is 2.42. The number of nitrogens with zero attached hydrogens (tertiary/aromatic N) is 1. The first-order valence-corrected chi connectivity index (χ1v) is 7.80. The van der Waals surface area contributed by atoms with E-state index >= 15 is 0 Å². The molecule has 0 amide bonds. The standard InChI is InChI=1S/C15H25BrN2O2/c1-5-18(3)8-7-17-11-12-9-13(16)15(20-6-2)14(10-12)19-4/h9-10,17H,5-8,11H2,1-4H3. The summed E-state index contributed by atoms with van der Waals surface area (Å²) in [6.45, 7) is 8.66. The van der Waals surface area contributed by atoms with Crippen molar-refractivity contribution < 1.29 is 9.47 Å². The number of rotatable bonds is 9. The molecule has 1 aromatic rings. The summed E-state index contributed by atoms with van der Waals surface area (Å²) in [5.74, 6) is 1.54. The Bertz CT molecular complexity index is 413. The van der Waals surface area contributed by atoms with Gasteiger partial charge in [0.15, 0.2) is 11.5 Å². The number of nitrogens with one attached hydrogen (secondary N) is 1. The number of hydrogen-bond donors (Lipinski definition) is 1. The second-order valence-electron chi connectivity index (χ2n) is 4.61. The van der Waals surface area contributed by atoms with Crippen LogP contribution < -0.4 is 14.8 Å². The quantitative estimate of drug-likeness (QED) is 0.698. The maximum absolute atomic E-state index is 5.59. The van der Waals surface area contributed by atoms with E-state index in [0.29, 0.717) is 6.61 Å². The fourth-order valence-electron chi connectivity index (χ4n) is 1.82. The van der Waals surface area contributed by atoms with Crippen molar-refractivity contribution in [2.24, 2.45) is 0 Å². The van der Waals surface area contributed by atoms with E-state index in [2.05, 4.69) is 46.2 Å². The van der Waals surface area contributed by atoms with Crippen LogP contribution in [0, 0.1) is 0 Å². The molecule has 0 spiro atoms. The van der Waals surface area contributed by atoms with Crippen LogP contribution in [0.3, 0.4) is 0 Å². The third-order valence-electron chi connectivity index (χ3n) is 3.12. The van der Waals surface area contributed by atoms with E-state index < -0.39 is 0 Å². The molecule has 1 N–H and O–H groups in total. The molecule has 1 aromatic carbocycles. The maximum atomic E-state index is 5.59. The molecule has 0 saturated carbocycles. The van der Waals surface area contributed by atoms with Crippen molar-refractivity contribution in [2.45, 2.75) is 20.4 Å². The zero-order valence-corrected chi connectivity index (χ0v) is 14.4. The van der Waals surface area contributed by atoms with E-state index in [1.54, 1.807) is 7.11 Å². The number of benzene rings is 1. The van der Waals surface area contributed by atoms with Gasteiger partial charge in [0.25, 0.3) is 0 Å². The van der Waals surface area contributed by atoms with Gasteiger partial charge in [0.05, 0.1) is 18.2 Å². The summed E-state index contributed by atoms with van der Waals surface area (Å²) in [7, 11) is 3.79. The van der Waals surface area contributed by atoms with Gasteiger partial charge in [0.1, 0.15) is 0 Å².